The van der Waals surface area contributed by atoms with Gasteiger partial charge in [-0.15, -0.1) is 0 Å². The van der Waals surface area contributed by atoms with Gasteiger partial charge in [0.15, 0.2) is 5.58 Å². The molecule has 0 aliphatic heterocycles. The van der Waals surface area contributed by atoms with Gasteiger partial charge in [-0.25, -0.2) is 0 Å². The molecule has 2 aromatic heterocycles. The molecule has 0 atom stereocenters. The van der Waals surface area contributed by atoms with Crippen LogP contribution in [0.15, 0.2) is 22.9 Å². The third-order valence-electron chi connectivity index (χ3n) is 1.72. The standard InChI is InChI=1S/C9H11N3O/c1-2-4-11-9-12-7-6-10-5-3-8(7)13-9/h3,5-6H,2,4H2,1H3,(H,11,12). The lowest BCUT2D eigenvalue weighted by Gasteiger charge is -1.94. The summed E-state index contributed by atoms with van der Waals surface area (Å²) in [4.78, 5) is 8.17. The SMILES string of the molecule is CCCNc1nc2cnccc2o1. The number of hydrogen-bond donors (Lipinski definition) is 1. The minimum atomic E-state index is 0.574. The lowest BCUT2D eigenvalue weighted by Crippen LogP contribution is -1.98. The smallest absolute Gasteiger partial charge is 0.295 e. The van der Waals surface area contributed by atoms with Crippen LogP contribution in [0.4, 0.5) is 6.01 Å². The van der Waals surface area contributed by atoms with E-state index in [1.807, 2.05) is 0 Å². The largest absolute Gasteiger partial charge is 0.423 e. The molecular formula is C9H11N3O. The van der Waals surface area contributed by atoms with Crippen LogP contribution in [-0.4, -0.2) is 16.5 Å². The summed E-state index contributed by atoms with van der Waals surface area (Å²) < 4.78 is 5.41. The maximum absolute atomic E-state index is 5.41. The van der Waals surface area contributed by atoms with Crippen LogP contribution < -0.4 is 5.32 Å². The molecule has 0 aliphatic carbocycles. The number of rotatable bonds is 3. The Balaban J connectivity index is 2.28. The Labute approximate surface area is 76.0 Å². The monoisotopic (exact) mass is 177 g/mol. The molecule has 0 unspecified atom stereocenters. The fourth-order valence-electron chi connectivity index (χ4n) is 1.09. The summed E-state index contributed by atoms with van der Waals surface area (Å²) in [6, 6.07) is 2.38. The zero-order valence-electron chi connectivity index (χ0n) is 7.45. The van der Waals surface area contributed by atoms with Crippen molar-refractivity contribution in [2.24, 2.45) is 0 Å². The summed E-state index contributed by atoms with van der Waals surface area (Å²) in [5.41, 5.74) is 1.56. The van der Waals surface area contributed by atoms with Gasteiger partial charge in [-0.2, -0.15) is 4.98 Å². The van der Waals surface area contributed by atoms with E-state index < -0.39 is 0 Å². The van der Waals surface area contributed by atoms with Gasteiger partial charge in [0.25, 0.3) is 6.01 Å². The van der Waals surface area contributed by atoms with Gasteiger partial charge < -0.3 is 9.73 Å². The number of nitrogens with one attached hydrogen (secondary N) is 1. The summed E-state index contributed by atoms with van der Waals surface area (Å²) in [5, 5.41) is 3.08. The van der Waals surface area contributed by atoms with E-state index in [1.54, 1.807) is 18.5 Å². The number of pyridine rings is 1. The maximum atomic E-state index is 5.41. The van der Waals surface area contributed by atoms with Gasteiger partial charge in [0, 0.05) is 18.8 Å². The molecule has 0 fully saturated rings. The molecule has 0 aromatic carbocycles. The molecule has 4 nitrogen and oxygen atoms in total. The highest BCUT2D eigenvalue weighted by Gasteiger charge is 2.02. The Bertz CT molecular complexity index is 363. The van der Waals surface area contributed by atoms with Gasteiger partial charge >= 0.3 is 0 Å². The molecule has 2 rings (SSSR count). The molecular weight excluding hydrogens is 166 g/mol. The summed E-state index contributed by atoms with van der Waals surface area (Å²) in [6.45, 7) is 2.97. The van der Waals surface area contributed by atoms with E-state index in [0.29, 0.717) is 6.01 Å². The van der Waals surface area contributed by atoms with E-state index in [4.69, 9.17) is 4.42 Å². The van der Waals surface area contributed by atoms with E-state index in [1.165, 1.54) is 0 Å². The minimum Gasteiger partial charge on any atom is -0.423 e. The van der Waals surface area contributed by atoms with Gasteiger partial charge in [0.1, 0.15) is 5.52 Å². The third kappa shape index (κ3) is 1.61. The van der Waals surface area contributed by atoms with Crippen molar-refractivity contribution in [3.8, 4) is 0 Å². The molecule has 13 heavy (non-hydrogen) atoms. The Morgan fingerprint density at radius 3 is 3.23 bits per heavy atom. The van der Waals surface area contributed by atoms with Crippen molar-refractivity contribution in [3.05, 3.63) is 18.5 Å². The number of fused-ring (bicyclic) bond motifs is 1. The molecule has 0 bridgehead atoms. The van der Waals surface area contributed by atoms with Crippen LogP contribution in [0.5, 0.6) is 0 Å². The Morgan fingerprint density at radius 1 is 1.54 bits per heavy atom. The number of anilines is 1. The van der Waals surface area contributed by atoms with Crippen molar-refractivity contribution in [1.29, 1.82) is 0 Å². The first-order valence-electron chi connectivity index (χ1n) is 4.34. The lowest BCUT2D eigenvalue weighted by molar-refractivity contribution is 0.613. The van der Waals surface area contributed by atoms with Crippen molar-refractivity contribution in [3.63, 3.8) is 0 Å². The normalized spacial score (nSPS) is 10.5. The van der Waals surface area contributed by atoms with Crippen LogP contribution in [0.1, 0.15) is 13.3 Å². The van der Waals surface area contributed by atoms with Gasteiger partial charge in [-0.05, 0) is 6.42 Å². The van der Waals surface area contributed by atoms with Gasteiger partial charge in [-0.1, -0.05) is 6.92 Å². The predicted molar refractivity (Wildman–Crippen MR) is 50.6 cm³/mol. The number of aromatic nitrogens is 2. The van der Waals surface area contributed by atoms with Crippen molar-refractivity contribution in [2.75, 3.05) is 11.9 Å². The van der Waals surface area contributed by atoms with Crippen molar-refractivity contribution < 1.29 is 4.42 Å². The lowest BCUT2D eigenvalue weighted by atomic mass is 10.4. The average molecular weight is 177 g/mol. The molecule has 0 amide bonds. The summed E-state index contributed by atoms with van der Waals surface area (Å²) in [6.07, 6.45) is 4.43. The zero-order valence-corrected chi connectivity index (χ0v) is 7.45. The van der Waals surface area contributed by atoms with E-state index in [2.05, 4.69) is 22.2 Å². The number of nitrogens with zero attached hydrogens (tertiary/aromatic N) is 2. The summed E-state index contributed by atoms with van der Waals surface area (Å²) in [5.74, 6) is 0. The zero-order chi connectivity index (χ0) is 9.10. The van der Waals surface area contributed by atoms with Gasteiger partial charge in [0.05, 0.1) is 6.20 Å². The highest BCUT2D eigenvalue weighted by atomic mass is 16.4. The first-order valence-corrected chi connectivity index (χ1v) is 4.34. The number of oxazole rings is 1. The average Bonchev–Trinajstić information content (AvgIpc) is 2.57. The Hall–Kier alpha value is -1.58. The minimum absolute atomic E-state index is 0.574. The maximum Gasteiger partial charge on any atom is 0.295 e. The molecule has 0 aliphatic rings. The van der Waals surface area contributed by atoms with E-state index in [0.717, 1.165) is 24.1 Å². The van der Waals surface area contributed by atoms with Crippen molar-refractivity contribution in [2.45, 2.75) is 13.3 Å². The second-order valence-electron chi connectivity index (χ2n) is 2.79. The molecule has 4 heteroatoms. The quantitative estimate of drug-likeness (QED) is 0.779. The van der Waals surface area contributed by atoms with Crippen LogP contribution in [0.25, 0.3) is 11.1 Å². The van der Waals surface area contributed by atoms with E-state index >= 15 is 0 Å². The van der Waals surface area contributed by atoms with Crippen LogP contribution in [0, 0.1) is 0 Å². The molecule has 68 valence electrons. The molecule has 0 radical (unpaired) electrons. The Kier molecular flexibility index (Phi) is 2.12. The van der Waals surface area contributed by atoms with Gasteiger partial charge in [-0.3, -0.25) is 4.98 Å². The summed E-state index contributed by atoms with van der Waals surface area (Å²) >= 11 is 0. The number of hydrogen-bond acceptors (Lipinski definition) is 4. The Morgan fingerprint density at radius 2 is 2.46 bits per heavy atom. The predicted octanol–water partition coefficient (Wildman–Crippen LogP) is 2.04. The molecule has 0 saturated heterocycles. The highest BCUT2D eigenvalue weighted by molar-refractivity contribution is 5.72. The van der Waals surface area contributed by atoms with Crippen LogP contribution in [0.2, 0.25) is 0 Å². The topological polar surface area (TPSA) is 51.0 Å². The van der Waals surface area contributed by atoms with Crippen LogP contribution >= 0.6 is 0 Å². The fourth-order valence-corrected chi connectivity index (χ4v) is 1.09. The molecule has 0 spiro atoms. The molecule has 0 saturated carbocycles. The summed E-state index contributed by atoms with van der Waals surface area (Å²) in [7, 11) is 0. The third-order valence-corrected chi connectivity index (χ3v) is 1.72. The van der Waals surface area contributed by atoms with Crippen LogP contribution in [0.3, 0.4) is 0 Å². The second kappa shape index (κ2) is 3.43. The fraction of sp³-hybridized carbons (Fsp3) is 0.333. The molecule has 2 aromatic rings. The molecule has 2 heterocycles. The van der Waals surface area contributed by atoms with E-state index in [-0.39, 0.29) is 0 Å². The molecule has 1 N–H and O–H groups in total. The second-order valence-corrected chi connectivity index (χ2v) is 2.79. The van der Waals surface area contributed by atoms with Crippen molar-refractivity contribution in [1.82, 2.24) is 9.97 Å². The van der Waals surface area contributed by atoms with Gasteiger partial charge in [0.2, 0.25) is 0 Å². The van der Waals surface area contributed by atoms with Crippen molar-refractivity contribution >= 4 is 17.1 Å². The highest BCUT2D eigenvalue weighted by Crippen LogP contribution is 2.16. The van der Waals surface area contributed by atoms with Crippen LogP contribution in [-0.2, 0) is 0 Å². The van der Waals surface area contributed by atoms with E-state index in [9.17, 15) is 0 Å². The first kappa shape index (κ1) is 8.04. The first-order chi connectivity index (χ1) is 6.40.